The molecule has 0 radical (unpaired) electrons. The smallest absolute Gasteiger partial charge is 0.226 e. The van der Waals surface area contributed by atoms with Crippen molar-refractivity contribution in [3.63, 3.8) is 0 Å². The molecule has 1 aromatic heterocycles. The Kier molecular flexibility index (Phi) is 5.00. The minimum Gasteiger partial charge on any atom is -0.384 e. The Bertz CT molecular complexity index is 498. The van der Waals surface area contributed by atoms with Gasteiger partial charge in [0.2, 0.25) is 5.91 Å². The summed E-state index contributed by atoms with van der Waals surface area (Å²) in [6, 6.07) is 0. The number of aryl methyl sites for hydroxylation is 2. The van der Waals surface area contributed by atoms with Crippen LogP contribution in [0.2, 0.25) is 0 Å². The van der Waals surface area contributed by atoms with Crippen molar-refractivity contribution >= 4 is 5.91 Å². The van der Waals surface area contributed by atoms with Gasteiger partial charge in [-0.3, -0.25) is 14.4 Å². The summed E-state index contributed by atoms with van der Waals surface area (Å²) in [5.41, 5.74) is 2.29. The lowest BCUT2D eigenvalue weighted by molar-refractivity contribution is -0.134. The number of methoxy groups -OCH3 is 1. The second-order valence-corrected chi connectivity index (χ2v) is 6.16. The highest BCUT2D eigenvalue weighted by molar-refractivity contribution is 5.79. The molecule has 118 valence electrons. The summed E-state index contributed by atoms with van der Waals surface area (Å²) in [6.07, 6.45) is 2.06. The van der Waals surface area contributed by atoms with E-state index in [-0.39, 0.29) is 17.7 Å². The van der Waals surface area contributed by atoms with Crippen molar-refractivity contribution in [1.82, 2.24) is 19.6 Å². The van der Waals surface area contributed by atoms with Crippen LogP contribution >= 0.6 is 0 Å². The maximum atomic E-state index is 12.3. The molecule has 2 heterocycles. The molecule has 0 bridgehead atoms. The van der Waals surface area contributed by atoms with E-state index >= 15 is 0 Å². The normalized spacial score (nSPS) is 22.7. The SMILES string of the molecule is COC[C@@H]1CN(Cc2cn(C)nc2C)C[C@H]1C(=O)N(C)C. The first-order valence-corrected chi connectivity index (χ1v) is 7.34. The standard InChI is InChI=1S/C15H26N4O2/c1-11-12(6-18(4)16-11)7-19-8-13(10-21-5)14(9-19)15(20)17(2)3/h6,13-14H,7-10H2,1-5H3/t13-,14+/m0/s1. The van der Waals surface area contributed by atoms with Crippen LogP contribution in [0.1, 0.15) is 11.3 Å². The van der Waals surface area contributed by atoms with E-state index in [9.17, 15) is 4.79 Å². The fourth-order valence-corrected chi connectivity index (χ4v) is 3.13. The third-order valence-corrected chi connectivity index (χ3v) is 4.16. The lowest BCUT2D eigenvalue weighted by atomic mass is 9.96. The van der Waals surface area contributed by atoms with Gasteiger partial charge in [-0.2, -0.15) is 5.10 Å². The topological polar surface area (TPSA) is 50.6 Å². The molecular formula is C15H26N4O2. The summed E-state index contributed by atoms with van der Waals surface area (Å²) in [6.45, 7) is 5.19. The second-order valence-electron chi connectivity index (χ2n) is 6.16. The van der Waals surface area contributed by atoms with Gasteiger partial charge in [-0.1, -0.05) is 0 Å². The Morgan fingerprint density at radius 1 is 1.48 bits per heavy atom. The Morgan fingerprint density at radius 3 is 2.71 bits per heavy atom. The summed E-state index contributed by atoms with van der Waals surface area (Å²) in [7, 11) is 7.28. The highest BCUT2D eigenvalue weighted by Crippen LogP contribution is 2.27. The van der Waals surface area contributed by atoms with E-state index in [0.717, 1.165) is 25.3 Å². The lowest BCUT2D eigenvalue weighted by Gasteiger charge is -2.20. The Labute approximate surface area is 126 Å². The number of amides is 1. The molecule has 1 amide bonds. The molecule has 0 unspecified atom stereocenters. The summed E-state index contributed by atoms with van der Waals surface area (Å²) in [4.78, 5) is 16.3. The van der Waals surface area contributed by atoms with Gasteiger partial charge in [0.1, 0.15) is 0 Å². The van der Waals surface area contributed by atoms with Crippen molar-refractivity contribution in [1.29, 1.82) is 0 Å². The molecule has 1 saturated heterocycles. The average molecular weight is 294 g/mol. The van der Waals surface area contributed by atoms with Crippen molar-refractivity contribution in [2.24, 2.45) is 18.9 Å². The van der Waals surface area contributed by atoms with Crippen molar-refractivity contribution in [2.75, 3.05) is 40.9 Å². The molecule has 1 aliphatic rings. The van der Waals surface area contributed by atoms with Crippen LogP contribution < -0.4 is 0 Å². The van der Waals surface area contributed by atoms with E-state index < -0.39 is 0 Å². The number of likely N-dealkylation sites (tertiary alicyclic amines) is 1. The van der Waals surface area contributed by atoms with Gasteiger partial charge in [-0.15, -0.1) is 0 Å². The largest absolute Gasteiger partial charge is 0.384 e. The third kappa shape index (κ3) is 3.63. The molecule has 0 aromatic carbocycles. The lowest BCUT2D eigenvalue weighted by Crippen LogP contribution is -2.35. The number of aromatic nitrogens is 2. The van der Waals surface area contributed by atoms with Crippen LogP contribution in [0.15, 0.2) is 6.20 Å². The first-order valence-electron chi connectivity index (χ1n) is 7.34. The molecule has 1 aliphatic heterocycles. The van der Waals surface area contributed by atoms with Crippen molar-refractivity contribution in [3.8, 4) is 0 Å². The van der Waals surface area contributed by atoms with E-state index in [0.29, 0.717) is 6.61 Å². The van der Waals surface area contributed by atoms with Gasteiger partial charge in [0.05, 0.1) is 18.2 Å². The van der Waals surface area contributed by atoms with Crippen molar-refractivity contribution in [3.05, 3.63) is 17.5 Å². The molecule has 6 nitrogen and oxygen atoms in total. The first kappa shape index (κ1) is 16.0. The number of hydrogen-bond donors (Lipinski definition) is 0. The zero-order valence-corrected chi connectivity index (χ0v) is 13.7. The average Bonchev–Trinajstić information content (AvgIpc) is 2.93. The number of nitrogens with zero attached hydrogens (tertiary/aromatic N) is 4. The fraction of sp³-hybridized carbons (Fsp3) is 0.733. The number of carbonyl (C=O) groups excluding carboxylic acids is 1. The third-order valence-electron chi connectivity index (χ3n) is 4.16. The minimum absolute atomic E-state index is 0.0249. The highest BCUT2D eigenvalue weighted by Gasteiger charge is 2.38. The van der Waals surface area contributed by atoms with E-state index in [2.05, 4.69) is 16.2 Å². The number of hydrogen-bond acceptors (Lipinski definition) is 4. The van der Waals surface area contributed by atoms with Crippen LogP contribution in [-0.2, 0) is 23.1 Å². The Balaban J connectivity index is 2.06. The van der Waals surface area contributed by atoms with Gasteiger partial charge >= 0.3 is 0 Å². The highest BCUT2D eigenvalue weighted by atomic mass is 16.5. The Morgan fingerprint density at radius 2 is 2.19 bits per heavy atom. The zero-order chi connectivity index (χ0) is 15.6. The number of carbonyl (C=O) groups is 1. The molecule has 0 aliphatic carbocycles. The van der Waals surface area contributed by atoms with E-state index in [1.165, 1.54) is 5.56 Å². The summed E-state index contributed by atoms with van der Waals surface area (Å²) in [5, 5.41) is 4.38. The molecule has 1 fully saturated rings. The predicted octanol–water partition coefficient (Wildman–Crippen LogP) is 0.511. The maximum Gasteiger partial charge on any atom is 0.226 e. The summed E-state index contributed by atoms with van der Waals surface area (Å²) >= 11 is 0. The molecule has 0 N–H and O–H groups in total. The zero-order valence-electron chi connectivity index (χ0n) is 13.7. The van der Waals surface area contributed by atoms with Gasteiger partial charge in [0.15, 0.2) is 0 Å². The molecule has 0 saturated carbocycles. The fourth-order valence-electron chi connectivity index (χ4n) is 3.13. The minimum atomic E-state index is 0.0249. The number of rotatable bonds is 5. The van der Waals surface area contributed by atoms with Crippen LogP contribution in [-0.4, -0.2) is 66.4 Å². The molecule has 6 heteroatoms. The second kappa shape index (κ2) is 6.58. The van der Waals surface area contributed by atoms with E-state index in [1.807, 2.05) is 32.7 Å². The summed E-state index contributed by atoms with van der Waals surface area (Å²) in [5.74, 6) is 0.487. The summed E-state index contributed by atoms with van der Waals surface area (Å²) < 4.78 is 7.14. The van der Waals surface area contributed by atoms with E-state index in [1.54, 1.807) is 12.0 Å². The Hall–Kier alpha value is -1.40. The molecule has 2 atom stereocenters. The van der Waals surface area contributed by atoms with Gasteiger partial charge in [-0.05, 0) is 6.92 Å². The predicted molar refractivity (Wildman–Crippen MR) is 80.8 cm³/mol. The quantitative estimate of drug-likeness (QED) is 0.794. The van der Waals surface area contributed by atoms with Gasteiger partial charge in [0.25, 0.3) is 0 Å². The van der Waals surface area contributed by atoms with Crippen LogP contribution in [0.4, 0.5) is 0 Å². The van der Waals surface area contributed by atoms with Crippen LogP contribution in [0.5, 0.6) is 0 Å². The molecule has 21 heavy (non-hydrogen) atoms. The van der Waals surface area contributed by atoms with E-state index in [4.69, 9.17) is 4.74 Å². The monoisotopic (exact) mass is 294 g/mol. The van der Waals surface area contributed by atoms with Gasteiger partial charge in [0, 0.05) is 65.6 Å². The van der Waals surface area contributed by atoms with Crippen LogP contribution in [0.25, 0.3) is 0 Å². The number of ether oxygens (including phenoxy) is 1. The molecule has 2 rings (SSSR count). The first-order chi connectivity index (χ1) is 9.92. The molecule has 0 spiro atoms. The molecular weight excluding hydrogens is 268 g/mol. The maximum absolute atomic E-state index is 12.3. The van der Waals surface area contributed by atoms with Crippen LogP contribution in [0.3, 0.4) is 0 Å². The van der Waals surface area contributed by atoms with Crippen LogP contribution in [0, 0.1) is 18.8 Å². The molecule has 1 aromatic rings. The van der Waals surface area contributed by atoms with Crippen molar-refractivity contribution < 1.29 is 9.53 Å². The van der Waals surface area contributed by atoms with Gasteiger partial charge < -0.3 is 9.64 Å². The van der Waals surface area contributed by atoms with Gasteiger partial charge in [-0.25, -0.2) is 0 Å². The van der Waals surface area contributed by atoms with Crippen molar-refractivity contribution in [2.45, 2.75) is 13.5 Å².